The Kier molecular flexibility index (Phi) is 5.75. The van der Waals surface area contributed by atoms with E-state index in [1.807, 2.05) is 0 Å². The van der Waals surface area contributed by atoms with Crippen molar-refractivity contribution in [2.45, 2.75) is 37.2 Å². The van der Waals surface area contributed by atoms with E-state index in [-0.39, 0.29) is 40.0 Å². The molecule has 5 rings (SSSR count). The molecule has 2 fully saturated rings. The number of nitro groups is 1. The first-order valence-electron chi connectivity index (χ1n) is 11.5. The van der Waals surface area contributed by atoms with Crippen molar-refractivity contribution in [3.8, 4) is 0 Å². The molecule has 190 valence electrons. The van der Waals surface area contributed by atoms with Gasteiger partial charge in [0.1, 0.15) is 22.8 Å². The number of hydrogen-bond donors (Lipinski definition) is 3. The Bertz CT molecular complexity index is 1370. The van der Waals surface area contributed by atoms with E-state index in [9.17, 15) is 24.4 Å². The molecule has 0 aliphatic heterocycles. The van der Waals surface area contributed by atoms with Gasteiger partial charge in [0.15, 0.2) is 0 Å². The summed E-state index contributed by atoms with van der Waals surface area (Å²) in [6.45, 7) is 0. The van der Waals surface area contributed by atoms with Gasteiger partial charge in [0.25, 0.3) is 5.91 Å². The molecule has 1 aromatic carbocycles. The molecule has 0 bridgehead atoms. The molecule has 0 radical (unpaired) electrons. The third-order valence-corrected chi connectivity index (χ3v) is 7.77. The maximum Gasteiger partial charge on any atom is 0.390 e. The summed E-state index contributed by atoms with van der Waals surface area (Å²) < 4.78 is 16.3. The summed E-state index contributed by atoms with van der Waals surface area (Å²) in [5.41, 5.74) is 6.61. The lowest BCUT2D eigenvalue weighted by Gasteiger charge is -2.23. The molecule has 4 N–H and O–H groups in total. The zero-order chi connectivity index (χ0) is 25.9. The Balaban J connectivity index is 1.35. The fourth-order valence-corrected chi connectivity index (χ4v) is 6.10. The predicted octanol–water partition coefficient (Wildman–Crippen LogP) is 3.48. The normalized spacial score (nSPS) is 25.2. The molecule has 2 aromatic heterocycles. The highest BCUT2D eigenvalue weighted by Gasteiger charge is 2.52. The molecular formula is C23H25ClFN7O4. The second-order valence-electron chi connectivity index (χ2n) is 9.75. The lowest BCUT2D eigenvalue weighted by molar-refractivity contribution is -0.389. The largest absolute Gasteiger partial charge is 0.390 e. The maximum absolute atomic E-state index is 13.5. The van der Waals surface area contributed by atoms with Crippen LogP contribution in [0.15, 0.2) is 24.3 Å². The molecule has 0 spiro atoms. The summed E-state index contributed by atoms with van der Waals surface area (Å²) in [5.74, 6) is -0.896. The number of hydrogen-bond acceptors (Lipinski definition) is 7. The van der Waals surface area contributed by atoms with Gasteiger partial charge >= 0.3 is 5.82 Å². The van der Waals surface area contributed by atoms with Crippen molar-refractivity contribution in [3.05, 3.63) is 62.2 Å². The molecular weight excluding hydrogens is 493 g/mol. The Hall–Kier alpha value is -3.51. The Morgan fingerprint density at radius 3 is 2.50 bits per heavy atom. The molecule has 11 nitrogen and oxygen atoms in total. The van der Waals surface area contributed by atoms with Crippen LogP contribution in [-0.2, 0) is 19.7 Å². The molecule has 2 aliphatic carbocycles. The summed E-state index contributed by atoms with van der Waals surface area (Å²) in [6, 6.07) is 5.24. The minimum Gasteiger partial charge on any atom is -0.383 e. The van der Waals surface area contributed by atoms with Gasteiger partial charge in [-0.3, -0.25) is 9.48 Å². The average molecular weight is 518 g/mol. The number of aromatic nitrogens is 4. The van der Waals surface area contributed by atoms with Crippen molar-refractivity contribution in [3.63, 3.8) is 0 Å². The molecule has 4 atom stereocenters. The number of amides is 1. The molecule has 1 amide bonds. The van der Waals surface area contributed by atoms with Crippen LogP contribution in [0.4, 0.5) is 21.7 Å². The zero-order valence-corrected chi connectivity index (χ0v) is 20.4. The summed E-state index contributed by atoms with van der Waals surface area (Å²) >= 11 is 5.84. The van der Waals surface area contributed by atoms with E-state index in [1.54, 1.807) is 14.1 Å². The van der Waals surface area contributed by atoms with Gasteiger partial charge in [-0.05, 0) is 60.6 Å². The fourth-order valence-electron chi connectivity index (χ4n) is 5.92. The Morgan fingerprint density at radius 2 is 1.92 bits per heavy atom. The van der Waals surface area contributed by atoms with E-state index < -0.39 is 22.2 Å². The fraction of sp³-hybridized carbons (Fsp3) is 0.435. The SMILES string of the molecule is Cn1nc([N+](=O)[O-])cc1[C@]1(O)C[C@H]2C[C@H](c3nn(C)c(N)c3C(=O)Nc3ccc(F)c(Cl)c3)C[C@H]2C1. The number of anilines is 2. The Labute approximate surface area is 210 Å². The molecule has 3 aromatic rings. The smallest absolute Gasteiger partial charge is 0.383 e. The van der Waals surface area contributed by atoms with Gasteiger partial charge in [-0.15, -0.1) is 0 Å². The van der Waals surface area contributed by atoms with Crippen molar-refractivity contribution in [1.82, 2.24) is 19.6 Å². The van der Waals surface area contributed by atoms with Crippen molar-refractivity contribution < 1.29 is 19.2 Å². The van der Waals surface area contributed by atoms with Crippen LogP contribution in [-0.4, -0.2) is 35.5 Å². The average Bonchev–Trinajstić information content (AvgIpc) is 3.52. The second kappa shape index (κ2) is 8.56. The lowest BCUT2D eigenvalue weighted by Crippen LogP contribution is -2.26. The van der Waals surface area contributed by atoms with Crippen LogP contribution in [0.2, 0.25) is 5.02 Å². The molecule has 2 aliphatic rings. The minimum atomic E-state index is -1.21. The number of fused-ring (bicyclic) bond motifs is 1. The highest BCUT2D eigenvalue weighted by atomic mass is 35.5. The second-order valence-corrected chi connectivity index (χ2v) is 10.2. The van der Waals surface area contributed by atoms with Gasteiger partial charge in [0, 0.05) is 18.7 Å². The molecule has 0 saturated heterocycles. The first kappa shape index (κ1) is 24.2. The van der Waals surface area contributed by atoms with Crippen molar-refractivity contribution in [1.29, 1.82) is 0 Å². The summed E-state index contributed by atoms with van der Waals surface area (Å²) in [6.07, 6.45) is 2.24. The highest BCUT2D eigenvalue weighted by molar-refractivity contribution is 6.31. The molecule has 36 heavy (non-hydrogen) atoms. The standard InChI is InChI=1S/C23H25ClFN7O4/c1-30-17(8-18(28-30)32(35)36)23(34)9-12-5-11(6-13(12)10-23)20-19(21(26)31(2)29-20)22(33)27-14-3-4-16(25)15(24)7-14/h3-4,7-8,11-13,34H,5-6,9-10,26H2,1-2H3,(H,27,33)/t11-,12+,13-,23-. The quantitative estimate of drug-likeness (QED) is 0.345. The van der Waals surface area contributed by atoms with Crippen LogP contribution in [0.5, 0.6) is 0 Å². The Morgan fingerprint density at radius 1 is 1.25 bits per heavy atom. The molecule has 13 heteroatoms. The van der Waals surface area contributed by atoms with Crippen LogP contribution in [0.1, 0.15) is 53.3 Å². The van der Waals surface area contributed by atoms with E-state index in [2.05, 4.69) is 15.5 Å². The van der Waals surface area contributed by atoms with E-state index >= 15 is 0 Å². The van der Waals surface area contributed by atoms with Gasteiger partial charge in [-0.2, -0.15) is 9.78 Å². The van der Waals surface area contributed by atoms with Crippen LogP contribution >= 0.6 is 11.6 Å². The number of benzene rings is 1. The van der Waals surface area contributed by atoms with Gasteiger partial charge in [-0.25, -0.2) is 4.39 Å². The van der Waals surface area contributed by atoms with Gasteiger partial charge in [-0.1, -0.05) is 11.6 Å². The number of nitrogens with one attached hydrogen (secondary N) is 1. The van der Waals surface area contributed by atoms with E-state index in [0.717, 1.165) is 0 Å². The first-order valence-corrected chi connectivity index (χ1v) is 11.8. The van der Waals surface area contributed by atoms with Crippen molar-refractivity contribution >= 4 is 34.8 Å². The van der Waals surface area contributed by atoms with Gasteiger partial charge in [0.05, 0.1) is 34.6 Å². The third kappa shape index (κ3) is 3.99. The number of nitrogen functional groups attached to an aromatic ring is 1. The van der Waals surface area contributed by atoms with Gasteiger partial charge < -0.3 is 26.3 Å². The summed E-state index contributed by atoms with van der Waals surface area (Å²) in [5, 5.41) is 33.5. The van der Waals surface area contributed by atoms with Gasteiger partial charge in [0.2, 0.25) is 0 Å². The number of aryl methyl sites for hydroxylation is 2. The lowest BCUT2D eigenvalue weighted by atomic mass is 9.89. The van der Waals surface area contributed by atoms with Crippen LogP contribution in [0, 0.1) is 27.8 Å². The van der Waals surface area contributed by atoms with E-state index in [0.29, 0.717) is 42.8 Å². The molecule has 0 unspecified atom stereocenters. The number of nitrogens with zero attached hydrogens (tertiary/aromatic N) is 5. The monoisotopic (exact) mass is 517 g/mol. The minimum absolute atomic E-state index is 0.0496. The van der Waals surface area contributed by atoms with Crippen LogP contribution in [0.3, 0.4) is 0 Å². The number of rotatable bonds is 5. The van der Waals surface area contributed by atoms with E-state index in [4.69, 9.17) is 17.3 Å². The topological polar surface area (TPSA) is 154 Å². The molecule has 2 saturated carbocycles. The number of halogens is 2. The van der Waals surface area contributed by atoms with Crippen molar-refractivity contribution in [2.75, 3.05) is 11.1 Å². The van der Waals surface area contributed by atoms with Crippen LogP contribution < -0.4 is 11.1 Å². The summed E-state index contributed by atoms with van der Waals surface area (Å²) in [7, 11) is 3.25. The zero-order valence-electron chi connectivity index (χ0n) is 19.6. The third-order valence-electron chi connectivity index (χ3n) is 7.48. The number of carbonyl (C=O) groups is 1. The molecule has 2 heterocycles. The van der Waals surface area contributed by atoms with Crippen LogP contribution in [0.25, 0.3) is 0 Å². The van der Waals surface area contributed by atoms with Crippen molar-refractivity contribution in [2.24, 2.45) is 25.9 Å². The predicted molar refractivity (Wildman–Crippen MR) is 129 cm³/mol. The number of aliphatic hydroxyl groups is 1. The number of carbonyl (C=O) groups excluding carboxylic acids is 1. The summed E-state index contributed by atoms with van der Waals surface area (Å²) in [4.78, 5) is 23.7. The highest BCUT2D eigenvalue weighted by Crippen LogP contribution is 2.57. The maximum atomic E-state index is 13.5. The number of nitrogens with two attached hydrogens (primary N) is 1. The van der Waals surface area contributed by atoms with E-state index in [1.165, 1.54) is 33.6 Å². The first-order chi connectivity index (χ1) is 17.0.